The SMILES string of the molecule is N#Cc1cnc(-n2cnc3ccccc32)nc1OC1CCOCC1. The molecular formula is C17H15N5O2. The van der Waals surface area contributed by atoms with Gasteiger partial charge in [0.1, 0.15) is 24.1 Å². The number of nitrogens with zero attached hydrogens (tertiary/aromatic N) is 5. The van der Waals surface area contributed by atoms with Gasteiger partial charge in [0, 0.05) is 12.8 Å². The molecule has 0 spiro atoms. The fraction of sp³-hybridized carbons (Fsp3) is 0.294. The summed E-state index contributed by atoms with van der Waals surface area (Å²) >= 11 is 0. The molecule has 3 heterocycles. The summed E-state index contributed by atoms with van der Waals surface area (Å²) in [5.74, 6) is 0.747. The Morgan fingerprint density at radius 1 is 1.21 bits per heavy atom. The monoisotopic (exact) mass is 321 g/mol. The van der Waals surface area contributed by atoms with Gasteiger partial charge in [-0.1, -0.05) is 12.1 Å². The van der Waals surface area contributed by atoms with Crippen molar-refractivity contribution < 1.29 is 9.47 Å². The van der Waals surface area contributed by atoms with Crippen molar-refractivity contribution in [3.63, 3.8) is 0 Å². The number of fused-ring (bicyclic) bond motifs is 1. The average molecular weight is 321 g/mol. The lowest BCUT2D eigenvalue weighted by molar-refractivity contribution is 0.0235. The van der Waals surface area contributed by atoms with E-state index in [0.29, 0.717) is 30.6 Å². The zero-order chi connectivity index (χ0) is 16.4. The van der Waals surface area contributed by atoms with Gasteiger partial charge < -0.3 is 9.47 Å². The van der Waals surface area contributed by atoms with Crippen LogP contribution in [0.4, 0.5) is 0 Å². The lowest BCUT2D eigenvalue weighted by Crippen LogP contribution is -2.26. The number of benzene rings is 1. The molecule has 120 valence electrons. The lowest BCUT2D eigenvalue weighted by Gasteiger charge is -2.23. The van der Waals surface area contributed by atoms with Crippen LogP contribution >= 0.6 is 0 Å². The first-order valence-corrected chi connectivity index (χ1v) is 7.79. The van der Waals surface area contributed by atoms with Crippen molar-refractivity contribution in [2.45, 2.75) is 18.9 Å². The molecule has 0 aliphatic carbocycles. The molecule has 0 N–H and O–H groups in total. The van der Waals surface area contributed by atoms with E-state index in [0.717, 1.165) is 23.9 Å². The molecule has 1 aliphatic rings. The molecular weight excluding hydrogens is 306 g/mol. The van der Waals surface area contributed by atoms with Gasteiger partial charge in [-0.3, -0.25) is 4.57 Å². The first-order valence-electron chi connectivity index (χ1n) is 7.79. The normalized spacial score (nSPS) is 15.3. The van der Waals surface area contributed by atoms with Crippen molar-refractivity contribution in [3.8, 4) is 17.9 Å². The standard InChI is InChI=1S/C17H15N5O2/c18-9-12-10-19-17(21-16(12)24-13-5-7-23-8-6-13)22-11-20-14-3-1-2-4-15(14)22/h1-4,10-11,13H,5-8H2. The molecule has 0 radical (unpaired) electrons. The Kier molecular flexibility index (Phi) is 3.81. The number of aromatic nitrogens is 4. The second kappa shape index (κ2) is 6.26. The Morgan fingerprint density at radius 2 is 2.04 bits per heavy atom. The van der Waals surface area contributed by atoms with Crippen LogP contribution in [0.1, 0.15) is 18.4 Å². The van der Waals surface area contributed by atoms with Crippen molar-refractivity contribution in [3.05, 3.63) is 42.4 Å². The summed E-state index contributed by atoms with van der Waals surface area (Å²) in [6, 6.07) is 9.83. The smallest absolute Gasteiger partial charge is 0.238 e. The number of para-hydroxylation sites is 2. The van der Waals surface area contributed by atoms with Gasteiger partial charge in [-0.05, 0) is 12.1 Å². The average Bonchev–Trinajstić information content (AvgIpc) is 3.07. The summed E-state index contributed by atoms with van der Waals surface area (Å²) in [4.78, 5) is 13.1. The summed E-state index contributed by atoms with van der Waals surface area (Å²) < 4.78 is 13.1. The second-order valence-corrected chi connectivity index (χ2v) is 5.53. The predicted octanol–water partition coefficient (Wildman–Crippen LogP) is 2.24. The Hall–Kier alpha value is -2.98. The zero-order valence-corrected chi connectivity index (χ0v) is 12.9. The lowest BCUT2D eigenvalue weighted by atomic mass is 10.1. The van der Waals surface area contributed by atoms with Gasteiger partial charge >= 0.3 is 0 Å². The van der Waals surface area contributed by atoms with Crippen LogP contribution in [0.25, 0.3) is 17.0 Å². The molecule has 0 bridgehead atoms. The Morgan fingerprint density at radius 3 is 2.88 bits per heavy atom. The maximum absolute atomic E-state index is 9.29. The van der Waals surface area contributed by atoms with E-state index in [9.17, 15) is 5.26 Å². The van der Waals surface area contributed by atoms with Crippen LogP contribution in [-0.4, -0.2) is 38.8 Å². The fourth-order valence-electron chi connectivity index (χ4n) is 2.71. The number of rotatable bonds is 3. The van der Waals surface area contributed by atoms with E-state index in [2.05, 4.69) is 21.0 Å². The number of imidazole rings is 1. The fourth-order valence-corrected chi connectivity index (χ4v) is 2.71. The van der Waals surface area contributed by atoms with Crippen molar-refractivity contribution >= 4 is 11.0 Å². The maximum atomic E-state index is 9.29. The van der Waals surface area contributed by atoms with Gasteiger partial charge in [0.25, 0.3) is 0 Å². The van der Waals surface area contributed by atoms with E-state index in [1.165, 1.54) is 6.20 Å². The number of nitriles is 1. The van der Waals surface area contributed by atoms with Crippen LogP contribution in [0.2, 0.25) is 0 Å². The molecule has 4 rings (SSSR count). The summed E-state index contributed by atoms with van der Waals surface area (Å²) in [5.41, 5.74) is 2.09. The van der Waals surface area contributed by atoms with Gasteiger partial charge in [0.05, 0.1) is 30.4 Å². The Bertz CT molecular complexity index is 909. The van der Waals surface area contributed by atoms with Crippen LogP contribution in [0.5, 0.6) is 5.88 Å². The van der Waals surface area contributed by atoms with E-state index < -0.39 is 0 Å². The highest BCUT2D eigenvalue weighted by Crippen LogP contribution is 2.22. The molecule has 1 fully saturated rings. The predicted molar refractivity (Wildman–Crippen MR) is 85.8 cm³/mol. The maximum Gasteiger partial charge on any atom is 0.238 e. The summed E-state index contributed by atoms with van der Waals surface area (Å²) in [7, 11) is 0. The van der Waals surface area contributed by atoms with Crippen LogP contribution < -0.4 is 4.74 Å². The highest BCUT2D eigenvalue weighted by Gasteiger charge is 2.19. The molecule has 3 aromatic rings. The van der Waals surface area contributed by atoms with Crippen molar-refractivity contribution in [1.82, 2.24) is 19.5 Å². The molecule has 1 aliphatic heterocycles. The molecule has 1 aromatic carbocycles. The van der Waals surface area contributed by atoms with Crippen LogP contribution in [-0.2, 0) is 4.74 Å². The minimum absolute atomic E-state index is 0.00753. The molecule has 24 heavy (non-hydrogen) atoms. The topological polar surface area (TPSA) is 85.9 Å². The van der Waals surface area contributed by atoms with Crippen LogP contribution in [0.3, 0.4) is 0 Å². The molecule has 0 atom stereocenters. The summed E-state index contributed by atoms with van der Waals surface area (Å²) in [5, 5.41) is 9.29. The largest absolute Gasteiger partial charge is 0.473 e. The molecule has 7 heteroatoms. The number of hydrogen-bond acceptors (Lipinski definition) is 6. The third kappa shape index (κ3) is 2.68. The van der Waals surface area contributed by atoms with E-state index in [1.54, 1.807) is 10.9 Å². The van der Waals surface area contributed by atoms with Gasteiger partial charge in [0.2, 0.25) is 11.8 Å². The van der Waals surface area contributed by atoms with Crippen molar-refractivity contribution in [2.75, 3.05) is 13.2 Å². The molecule has 2 aromatic heterocycles. The molecule has 1 saturated heterocycles. The first kappa shape index (κ1) is 14.6. The highest BCUT2D eigenvalue weighted by molar-refractivity contribution is 5.76. The minimum atomic E-state index is 0.00753. The zero-order valence-electron chi connectivity index (χ0n) is 12.9. The minimum Gasteiger partial charge on any atom is -0.473 e. The summed E-state index contributed by atoms with van der Waals surface area (Å²) in [6.45, 7) is 1.33. The third-order valence-corrected chi connectivity index (χ3v) is 3.98. The van der Waals surface area contributed by atoms with Crippen molar-refractivity contribution in [1.29, 1.82) is 5.26 Å². The Labute approximate surface area is 138 Å². The third-order valence-electron chi connectivity index (χ3n) is 3.98. The summed E-state index contributed by atoms with van der Waals surface area (Å²) in [6.07, 6.45) is 4.75. The molecule has 0 saturated carbocycles. The molecule has 0 unspecified atom stereocenters. The van der Waals surface area contributed by atoms with Crippen LogP contribution in [0.15, 0.2) is 36.8 Å². The van der Waals surface area contributed by atoms with E-state index in [1.807, 2.05) is 24.3 Å². The van der Waals surface area contributed by atoms with Gasteiger partial charge in [-0.15, -0.1) is 0 Å². The molecule has 0 amide bonds. The number of hydrogen-bond donors (Lipinski definition) is 0. The van der Waals surface area contributed by atoms with Gasteiger partial charge in [0.15, 0.2) is 0 Å². The van der Waals surface area contributed by atoms with Crippen LogP contribution in [0, 0.1) is 11.3 Å². The second-order valence-electron chi connectivity index (χ2n) is 5.53. The first-order chi connectivity index (χ1) is 11.8. The van der Waals surface area contributed by atoms with Gasteiger partial charge in [-0.25, -0.2) is 9.97 Å². The molecule has 7 nitrogen and oxygen atoms in total. The quantitative estimate of drug-likeness (QED) is 0.735. The van der Waals surface area contributed by atoms with E-state index in [-0.39, 0.29) is 6.10 Å². The van der Waals surface area contributed by atoms with Gasteiger partial charge in [-0.2, -0.15) is 10.2 Å². The Balaban J connectivity index is 1.72. The van der Waals surface area contributed by atoms with Crippen molar-refractivity contribution in [2.24, 2.45) is 0 Å². The number of ether oxygens (including phenoxy) is 2. The highest BCUT2D eigenvalue weighted by atomic mass is 16.5. The van der Waals surface area contributed by atoms with E-state index >= 15 is 0 Å². The van der Waals surface area contributed by atoms with E-state index in [4.69, 9.17) is 9.47 Å².